The Balaban J connectivity index is 1.80. The molecule has 9 nitrogen and oxygen atoms in total. The van der Waals surface area contributed by atoms with Crippen LogP contribution in [0.25, 0.3) is 5.57 Å². The summed E-state index contributed by atoms with van der Waals surface area (Å²) >= 11 is 0. The van der Waals surface area contributed by atoms with Crippen LogP contribution in [-0.4, -0.2) is 71.4 Å². The Kier molecular flexibility index (Phi) is 10.6. The molecular formula is C29H32F5N5O4. The average Bonchev–Trinajstić information content (AvgIpc) is 3.21. The molecular weight excluding hydrogens is 577 g/mol. The maximum Gasteiger partial charge on any atom is 0.408 e. The SMILES string of the molecule is C[C@@H](N(Cc1ccc(F)cc1)C(=O)CN(C=O)C(=O)N[C@]1(C)C[C@H](F)c2cc(/C(C=N)=C/NCCO)ccc21)C(F)(F)F. The fourth-order valence-corrected chi connectivity index (χ4v) is 4.76. The lowest BCUT2D eigenvalue weighted by molar-refractivity contribution is -0.187. The van der Waals surface area contributed by atoms with Gasteiger partial charge in [-0.05, 0) is 54.3 Å². The van der Waals surface area contributed by atoms with Gasteiger partial charge in [-0.25, -0.2) is 13.6 Å². The lowest BCUT2D eigenvalue weighted by Gasteiger charge is -2.33. The van der Waals surface area contributed by atoms with Crippen molar-refractivity contribution >= 4 is 30.1 Å². The van der Waals surface area contributed by atoms with Gasteiger partial charge >= 0.3 is 12.2 Å². The van der Waals surface area contributed by atoms with Gasteiger partial charge in [-0.2, -0.15) is 13.2 Å². The zero-order valence-corrected chi connectivity index (χ0v) is 23.4. The Labute approximate surface area is 244 Å². The van der Waals surface area contributed by atoms with Gasteiger partial charge in [-0.1, -0.05) is 24.3 Å². The molecule has 14 heteroatoms. The molecule has 4 amide bonds. The molecule has 4 N–H and O–H groups in total. The number of imide groups is 1. The molecule has 3 rings (SSSR count). The van der Waals surface area contributed by atoms with Gasteiger partial charge in [0.25, 0.3) is 0 Å². The summed E-state index contributed by atoms with van der Waals surface area (Å²) in [4.78, 5) is 38.8. The van der Waals surface area contributed by atoms with Crippen molar-refractivity contribution < 1.29 is 41.4 Å². The van der Waals surface area contributed by atoms with Gasteiger partial charge in [0.2, 0.25) is 12.3 Å². The molecule has 0 unspecified atom stereocenters. The van der Waals surface area contributed by atoms with Gasteiger partial charge in [0.05, 0.1) is 12.1 Å². The number of benzene rings is 2. The van der Waals surface area contributed by atoms with Gasteiger partial charge < -0.3 is 26.0 Å². The molecule has 3 atom stereocenters. The van der Waals surface area contributed by atoms with E-state index in [9.17, 15) is 31.9 Å². The predicted octanol–water partition coefficient (Wildman–Crippen LogP) is 4.18. The quantitative estimate of drug-likeness (QED) is 0.124. The molecule has 43 heavy (non-hydrogen) atoms. The van der Waals surface area contributed by atoms with E-state index >= 15 is 4.39 Å². The molecule has 0 radical (unpaired) electrons. The zero-order valence-electron chi connectivity index (χ0n) is 23.4. The number of aliphatic hydroxyl groups is 1. The maximum atomic E-state index is 15.2. The number of rotatable bonds is 12. The number of amides is 4. The van der Waals surface area contributed by atoms with Gasteiger partial charge in [-0.15, -0.1) is 0 Å². The van der Waals surface area contributed by atoms with Crippen molar-refractivity contribution in [3.8, 4) is 0 Å². The topological polar surface area (TPSA) is 126 Å². The smallest absolute Gasteiger partial charge is 0.395 e. The van der Waals surface area contributed by atoms with Crippen molar-refractivity contribution in [1.29, 1.82) is 5.41 Å². The van der Waals surface area contributed by atoms with E-state index in [0.717, 1.165) is 25.3 Å². The van der Waals surface area contributed by atoms with Crippen LogP contribution < -0.4 is 10.6 Å². The van der Waals surface area contributed by atoms with Crippen LogP contribution in [0, 0.1) is 11.2 Å². The normalized spacial score (nSPS) is 18.8. The van der Waals surface area contributed by atoms with E-state index in [4.69, 9.17) is 10.5 Å². The molecule has 0 saturated heterocycles. The number of nitrogens with zero attached hydrogens (tertiary/aromatic N) is 2. The lowest BCUT2D eigenvalue weighted by Crippen LogP contribution is -2.54. The van der Waals surface area contributed by atoms with E-state index < -0.39 is 54.8 Å². The highest BCUT2D eigenvalue weighted by atomic mass is 19.4. The van der Waals surface area contributed by atoms with E-state index in [1.807, 2.05) is 0 Å². The Morgan fingerprint density at radius 1 is 1.21 bits per heavy atom. The molecule has 0 saturated carbocycles. The number of aliphatic hydroxyl groups excluding tert-OH is 1. The van der Waals surface area contributed by atoms with Crippen LogP contribution in [0.4, 0.5) is 26.7 Å². The third kappa shape index (κ3) is 7.95. The van der Waals surface area contributed by atoms with E-state index in [2.05, 4.69) is 10.6 Å². The van der Waals surface area contributed by atoms with Crippen LogP contribution in [-0.2, 0) is 21.7 Å². The molecule has 1 aliphatic carbocycles. The van der Waals surface area contributed by atoms with Crippen LogP contribution >= 0.6 is 0 Å². The van der Waals surface area contributed by atoms with Crippen molar-refractivity contribution in [1.82, 2.24) is 20.4 Å². The number of hydrogen-bond donors (Lipinski definition) is 4. The second-order valence-corrected chi connectivity index (χ2v) is 10.3. The third-order valence-electron chi connectivity index (χ3n) is 7.18. The highest BCUT2D eigenvalue weighted by Gasteiger charge is 2.44. The van der Waals surface area contributed by atoms with E-state index in [1.54, 1.807) is 12.1 Å². The highest BCUT2D eigenvalue weighted by Crippen LogP contribution is 2.46. The number of fused-ring (bicyclic) bond motifs is 1. The molecule has 0 spiro atoms. The van der Waals surface area contributed by atoms with Crippen molar-refractivity contribution in [2.45, 2.75) is 50.7 Å². The van der Waals surface area contributed by atoms with Crippen LogP contribution in [0.3, 0.4) is 0 Å². The second-order valence-electron chi connectivity index (χ2n) is 10.3. The van der Waals surface area contributed by atoms with Crippen LogP contribution in [0.5, 0.6) is 0 Å². The largest absolute Gasteiger partial charge is 0.408 e. The molecule has 0 fully saturated rings. The molecule has 1 aliphatic rings. The summed E-state index contributed by atoms with van der Waals surface area (Å²) in [6.45, 7) is 0.775. The van der Waals surface area contributed by atoms with E-state index in [-0.39, 0.29) is 37.1 Å². The van der Waals surface area contributed by atoms with Crippen molar-refractivity contribution in [2.24, 2.45) is 0 Å². The third-order valence-corrected chi connectivity index (χ3v) is 7.18. The Morgan fingerprint density at radius 2 is 1.88 bits per heavy atom. The minimum Gasteiger partial charge on any atom is -0.395 e. The fourth-order valence-electron chi connectivity index (χ4n) is 4.76. The first-order valence-corrected chi connectivity index (χ1v) is 13.2. The number of alkyl halides is 4. The summed E-state index contributed by atoms with van der Waals surface area (Å²) in [6.07, 6.45) is -4.06. The number of halogens is 5. The van der Waals surface area contributed by atoms with Gasteiger partial charge in [0, 0.05) is 37.5 Å². The van der Waals surface area contributed by atoms with E-state index in [1.165, 1.54) is 31.3 Å². The summed E-state index contributed by atoms with van der Waals surface area (Å²) in [6, 6.07) is 5.75. The Morgan fingerprint density at radius 3 is 2.47 bits per heavy atom. The predicted molar refractivity (Wildman–Crippen MR) is 148 cm³/mol. The first kappa shape index (κ1) is 33.2. The highest BCUT2D eigenvalue weighted by molar-refractivity contribution is 6.08. The van der Waals surface area contributed by atoms with Crippen molar-refractivity contribution in [2.75, 3.05) is 19.7 Å². The van der Waals surface area contributed by atoms with E-state index in [0.29, 0.717) is 26.5 Å². The van der Waals surface area contributed by atoms with Gasteiger partial charge in [0.15, 0.2) is 0 Å². The molecule has 2 aromatic rings. The minimum atomic E-state index is -4.83. The maximum absolute atomic E-state index is 15.2. The Hall–Kier alpha value is -4.33. The zero-order chi connectivity index (χ0) is 31.9. The molecule has 0 aromatic heterocycles. The average molecular weight is 610 g/mol. The molecule has 2 aromatic carbocycles. The number of nitrogens with one attached hydrogen (secondary N) is 3. The summed E-state index contributed by atoms with van der Waals surface area (Å²) in [7, 11) is 0. The first-order valence-electron chi connectivity index (χ1n) is 13.2. The number of urea groups is 1. The summed E-state index contributed by atoms with van der Waals surface area (Å²) < 4.78 is 69.3. The summed E-state index contributed by atoms with van der Waals surface area (Å²) in [5.74, 6) is -1.81. The first-order chi connectivity index (χ1) is 20.2. The number of allylic oxidation sites excluding steroid dienone is 1. The molecule has 0 aliphatic heterocycles. The second kappa shape index (κ2) is 13.8. The summed E-state index contributed by atoms with van der Waals surface area (Å²) in [5, 5.41) is 21.9. The fraction of sp³-hybridized carbons (Fsp3) is 0.379. The number of carbonyl (C=O) groups excluding carboxylic acids is 3. The number of carbonyl (C=O) groups is 3. The van der Waals surface area contributed by atoms with Crippen molar-refractivity contribution in [3.05, 3.63) is 76.7 Å². The number of hydrogen-bond acceptors (Lipinski definition) is 6. The standard InChI is InChI=1S/C29H32F5N5O4/c1-18(29(32,33)34)39(15-19-3-6-22(30)7-4-19)26(42)16-38(17-41)27(43)37-28(2)12-25(31)23-11-20(5-8-24(23)28)21(13-35)14-36-9-10-40/h3-8,11,13-14,17-18,25,35-36,40H,9-10,12,15-16H2,1-2H3,(H,37,43)/b21-14+,35-13?/t18-,25+,28-/m1/s1. The molecule has 232 valence electrons. The van der Waals surface area contributed by atoms with Crippen molar-refractivity contribution in [3.63, 3.8) is 0 Å². The van der Waals surface area contributed by atoms with Crippen LogP contribution in [0.15, 0.2) is 48.7 Å². The molecule has 0 heterocycles. The summed E-state index contributed by atoms with van der Waals surface area (Å²) in [5.41, 5.74) is 0.369. The molecule has 0 bridgehead atoms. The van der Waals surface area contributed by atoms with Crippen LogP contribution in [0.2, 0.25) is 0 Å². The monoisotopic (exact) mass is 609 g/mol. The lowest BCUT2D eigenvalue weighted by atomic mass is 9.92. The minimum absolute atomic E-state index is 0.00263. The Bertz CT molecular complexity index is 1370. The van der Waals surface area contributed by atoms with Gasteiger partial charge in [0.1, 0.15) is 24.6 Å². The van der Waals surface area contributed by atoms with Gasteiger partial charge in [-0.3, -0.25) is 14.5 Å². The van der Waals surface area contributed by atoms with Crippen LogP contribution in [0.1, 0.15) is 48.7 Å².